The van der Waals surface area contributed by atoms with Crippen molar-refractivity contribution in [2.24, 2.45) is 0 Å². The van der Waals surface area contributed by atoms with Gasteiger partial charge in [-0.05, 0) is 43.0 Å². The molecule has 2 aromatic carbocycles. The summed E-state index contributed by atoms with van der Waals surface area (Å²) in [6.45, 7) is 3.67. The summed E-state index contributed by atoms with van der Waals surface area (Å²) in [5.74, 6) is 0.206. The standard InChI is InChI=1S/C21H20O5S/c1-3-24-17-9-5-6-10-18(17)25-13-20(23)26-12-16(22)21-14(2)15-8-4-7-11-19(15)27-21/h4-11H,3,12-13H2,1-2H3. The van der Waals surface area contributed by atoms with Crippen molar-refractivity contribution in [2.45, 2.75) is 13.8 Å². The van der Waals surface area contributed by atoms with Gasteiger partial charge in [0.1, 0.15) is 0 Å². The molecule has 0 radical (unpaired) electrons. The summed E-state index contributed by atoms with van der Waals surface area (Å²) in [4.78, 5) is 25.0. The van der Waals surface area contributed by atoms with Crippen molar-refractivity contribution in [3.8, 4) is 11.5 Å². The van der Waals surface area contributed by atoms with Crippen LogP contribution in [0.1, 0.15) is 22.2 Å². The number of ketones is 1. The molecule has 5 nitrogen and oxygen atoms in total. The first kappa shape index (κ1) is 18.9. The highest BCUT2D eigenvalue weighted by molar-refractivity contribution is 7.21. The van der Waals surface area contributed by atoms with Crippen LogP contribution in [0.2, 0.25) is 0 Å². The Hall–Kier alpha value is -2.86. The Labute approximate surface area is 161 Å². The average molecular weight is 384 g/mol. The van der Waals surface area contributed by atoms with Gasteiger partial charge < -0.3 is 14.2 Å². The van der Waals surface area contributed by atoms with Crippen LogP contribution < -0.4 is 9.47 Å². The number of ether oxygens (including phenoxy) is 3. The fourth-order valence-electron chi connectivity index (χ4n) is 2.67. The van der Waals surface area contributed by atoms with E-state index < -0.39 is 5.97 Å². The van der Waals surface area contributed by atoms with Gasteiger partial charge in [-0.15, -0.1) is 11.3 Å². The Morgan fingerprint density at radius 2 is 1.59 bits per heavy atom. The fourth-order valence-corrected chi connectivity index (χ4v) is 3.81. The number of fused-ring (bicyclic) bond motifs is 1. The fraction of sp³-hybridized carbons (Fsp3) is 0.238. The molecule has 3 rings (SSSR count). The zero-order chi connectivity index (χ0) is 19.2. The van der Waals surface area contributed by atoms with Gasteiger partial charge in [-0.1, -0.05) is 30.3 Å². The summed E-state index contributed by atoms with van der Waals surface area (Å²) in [6, 6.07) is 14.9. The molecule has 27 heavy (non-hydrogen) atoms. The summed E-state index contributed by atoms with van der Waals surface area (Å²) < 4.78 is 17.0. The van der Waals surface area contributed by atoms with Gasteiger partial charge in [-0.3, -0.25) is 4.79 Å². The lowest BCUT2D eigenvalue weighted by atomic mass is 10.1. The number of Topliss-reactive ketones (excluding diaryl/α,β-unsaturated/α-hetero) is 1. The van der Waals surface area contributed by atoms with Crippen LogP contribution in [0, 0.1) is 6.92 Å². The summed E-state index contributed by atoms with van der Waals surface area (Å²) in [7, 11) is 0. The summed E-state index contributed by atoms with van der Waals surface area (Å²) in [6.07, 6.45) is 0. The zero-order valence-electron chi connectivity index (χ0n) is 15.2. The molecule has 0 saturated carbocycles. The highest BCUT2D eigenvalue weighted by atomic mass is 32.1. The van der Waals surface area contributed by atoms with Gasteiger partial charge in [0.15, 0.2) is 24.7 Å². The highest BCUT2D eigenvalue weighted by Crippen LogP contribution is 2.31. The monoisotopic (exact) mass is 384 g/mol. The molecule has 0 bridgehead atoms. The van der Waals surface area contributed by atoms with Crippen LogP contribution in [0.4, 0.5) is 0 Å². The van der Waals surface area contributed by atoms with Gasteiger partial charge in [-0.25, -0.2) is 4.79 Å². The van der Waals surface area contributed by atoms with E-state index in [9.17, 15) is 9.59 Å². The molecule has 6 heteroatoms. The number of carbonyl (C=O) groups excluding carboxylic acids is 2. The molecule has 0 aliphatic rings. The predicted molar refractivity (Wildman–Crippen MR) is 105 cm³/mol. The van der Waals surface area contributed by atoms with Crippen LogP contribution >= 0.6 is 11.3 Å². The van der Waals surface area contributed by atoms with Crippen molar-refractivity contribution in [3.05, 3.63) is 59.0 Å². The SMILES string of the molecule is CCOc1ccccc1OCC(=O)OCC(=O)c1sc2ccccc2c1C. The number of carbonyl (C=O) groups is 2. The molecule has 140 valence electrons. The third kappa shape index (κ3) is 4.46. The molecule has 1 heterocycles. The van der Waals surface area contributed by atoms with E-state index in [0.717, 1.165) is 15.6 Å². The van der Waals surface area contributed by atoms with Gasteiger partial charge in [0.2, 0.25) is 5.78 Å². The minimum absolute atomic E-state index is 0.211. The number of esters is 1. The van der Waals surface area contributed by atoms with E-state index >= 15 is 0 Å². The molecular weight excluding hydrogens is 364 g/mol. The van der Waals surface area contributed by atoms with Crippen molar-refractivity contribution in [1.82, 2.24) is 0 Å². The quantitative estimate of drug-likeness (QED) is 0.425. The number of hydrogen-bond acceptors (Lipinski definition) is 6. The topological polar surface area (TPSA) is 61.8 Å². The van der Waals surface area contributed by atoms with Gasteiger partial charge in [0.05, 0.1) is 11.5 Å². The Bertz CT molecular complexity index is 960. The smallest absolute Gasteiger partial charge is 0.344 e. The molecule has 0 unspecified atom stereocenters. The number of aryl methyl sites for hydroxylation is 1. The van der Waals surface area contributed by atoms with Crippen molar-refractivity contribution in [1.29, 1.82) is 0 Å². The Morgan fingerprint density at radius 3 is 2.30 bits per heavy atom. The maximum Gasteiger partial charge on any atom is 0.344 e. The van der Waals surface area contributed by atoms with Crippen LogP contribution in [-0.4, -0.2) is 31.6 Å². The Balaban J connectivity index is 1.56. The first-order chi connectivity index (χ1) is 13.1. The minimum atomic E-state index is -0.603. The molecule has 1 aromatic heterocycles. The Morgan fingerprint density at radius 1 is 0.926 bits per heavy atom. The van der Waals surface area contributed by atoms with E-state index in [4.69, 9.17) is 14.2 Å². The van der Waals surface area contributed by atoms with Gasteiger partial charge in [-0.2, -0.15) is 0 Å². The number of benzene rings is 2. The second-order valence-corrected chi connectivity index (χ2v) is 6.86. The first-order valence-corrected chi connectivity index (χ1v) is 9.43. The normalized spacial score (nSPS) is 10.6. The summed E-state index contributed by atoms with van der Waals surface area (Å²) >= 11 is 1.41. The number of thiophene rings is 1. The lowest BCUT2D eigenvalue weighted by Crippen LogP contribution is -2.19. The van der Waals surface area contributed by atoms with E-state index in [1.54, 1.807) is 18.2 Å². The maximum absolute atomic E-state index is 12.4. The first-order valence-electron chi connectivity index (χ1n) is 8.61. The van der Waals surface area contributed by atoms with Gasteiger partial charge in [0.25, 0.3) is 0 Å². The molecular formula is C21H20O5S. The minimum Gasteiger partial charge on any atom is -0.490 e. The van der Waals surface area contributed by atoms with Crippen molar-refractivity contribution in [3.63, 3.8) is 0 Å². The molecule has 3 aromatic rings. The van der Waals surface area contributed by atoms with Crippen LogP contribution in [0.3, 0.4) is 0 Å². The van der Waals surface area contributed by atoms with Gasteiger partial charge >= 0.3 is 5.97 Å². The summed E-state index contributed by atoms with van der Waals surface area (Å²) in [5, 5.41) is 1.05. The zero-order valence-corrected chi connectivity index (χ0v) is 16.0. The molecule has 0 atom stereocenters. The lowest BCUT2D eigenvalue weighted by molar-refractivity contribution is -0.144. The van der Waals surface area contributed by atoms with E-state index in [0.29, 0.717) is 23.0 Å². The van der Waals surface area contributed by atoms with E-state index in [-0.39, 0.29) is 19.0 Å². The third-order valence-electron chi connectivity index (χ3n) is 3.96. The maximum atomic E-state index is 12.4. The molecule has 0 N–H and O–H groups in total. The number of hydrogen-bond donors (Lipinski definition) is 0. The Kier molecular flexibility index (Phi) is 6.08. The molecule has 0 saturated heterocycles. The van der Waals surface area contributed by atoms with E-state index in [1.165, 1.54) is 11.3 Å². The third-order valence-corrected chi connectivity index (χ3v) is 5.27. The largest absolute Gasteiger partial charge is 0.490 e. The molecule has 0 spiro atoms. The van der Waals surface area contributed by atoms with E-state index in [1.807, 2.05) is 44.2 Å². The van der Waals surface area contributed by atoms with Gasteiger partial charge in [0, 0.05) is 4.70 Å². The van der Waals surface area contributed by atoms with Crippen LogP contribution in [-0.2, 0) is 9.53 Å². The number of para-hydroxylation sites is 2. The highest BCUT2D eigenvalue weighted by Gasteiger charge is 2.17. The van der Waals surface area contributed by atoms with Crippen molar-refractivity contribution >= 4 is 33.2 Å². The van der Waals surface area contributed by atoms with Crippen molar-refractivity contribution in [2.75, 3.05) is 19.8 Å². The molecule has 0 aliphatic heterocycles. The second-order valence-electron chi connectivity index (χ2n) is 5.80. The second kappa shape index (κ2) is 8.68. The van der Waals surface area contributed by atoms with Crippen molar-refractivity contribution < 1.29 is 23.8 Å². The van der Waals surface area contributed by atoms with Crippen LogP contribution in [0.25, 0.3) is 10.1 Å². The molecule has 0 amide bonds. The lowest BCUT2D eigenvalue weighted by Gasteiger charge is -2.11. The number of rotatable bonds is 8. The molecule has 0 fully saturated rings. The van der Waals surface area contributed by atoms with Crippen LogP contribution in [0.5, 0.6) is 11.5 Å². The predicted octanol–water partition coefficient (Wildman–Crippen LogP) is 4.41. The summed E-state index contributed by atoms with van der Waals surface area (Å²) in [5.41, 5.74) is 0.915. The average Bonchev–Trinajstić information content (AvgIpc) is 3.03. The van der Waals surface area contributed by atoms with Crippen LogP contribution in [0.15, 0.2) is 48.5 Å². The molecule has 0 aliphatic carbocycles. The van der Waals surface area contributed by atoms with E-state index in [2.05, 4.69) is 0 Å².